The predicted octanol–water partition coefficient (Wildman–Crippen LogP) is 1.37. The summed E-state index contributed by atoms with van der Waals surface area (Å²) < 4.78 is 55.8. The number of carbonyl (C=O) groups is 1. The topological polar surface area (TPSA) is 112 Å². The fourth-order valence-electron chi connectivity index (χ4n) is 2.65. The van der Waals surface area contributed by atoms with Crippen molar-refractivity contribution in [1.29, 1.82) is 0 Å². The number of alkyl halides is 2. The van der Waals surface area contributed by atoms with Gasteiger partial charge in [-0.05, 0) is 12.1 Å². The molecule has 1 aromatic carbocycles. The molecule has 0 radical (unpaired) electrons. The predicted molar refractivity (Wildman–Crippen MR) is 95.4 cm³/mol. The number of ether oxygens (including phenoxy) is 1. The standard InChI is InChI=1S/C15H16F2N4O5S2/c16-14(17)26-10-2-1-3-11(8-10)28(24,25)21-6-4-20(5-7-21)15-18-9-12(27-15)13(22)19-23/h1-3,8-9,14,23H,4-7H2,(H,19,22). The first kappa shape index (κ1) is 20.4. The zero-order chi connectivity index (χ0) is 20.3. The van der Waals surface area contributed by atoms with Crippen molar-refractivity contribution < 1.29 is 31.9 Å². The molecule has 2 heterocycles. The van der Waals surface area contributed by atoms with Crippen LogP contribution in [-0.4, -0.2) is 61.6 Å². The number of amides is 1. The van der Waals surface area contributed by atoms with E-state index in [1.54, 1.807) is 0 Å². The molecule has 1 fully saturated rings. The van der Waals surface area contributed by atoms with E-state index in [0.717, 1.165) is 17.4 Å². The largest absolute Gasteiger partial charge is 0.435 e. The summed E-state index contributed by atoms with van der Waals surface area (Å²) in [6.07, 6.45) is 1.32. The van der Waals surface area contributed by atoms with E-state index in [0.29, 0.717) is 18.2 Å². The lowest BCUT2D eigenvalue weighted by molar-refractivity contribution is -0.0500. The van der Waals surface area contributed by atoms with Crippen LogP contribution >= 0.6 is 11.3 Å². The van der Waals surface area contributed by atoms with Gasteiger partial charge in [0.05, 0.1) is 11.1 Å². The van der Waals surface area contributed by atoms with Gasteiger partial charge in [0.2, 0.25) is 10.0 Å². The lowest BCUT2D eigenvalue weighted by atomic mass is 10.3. The Hall–Kier alpha value is -2.35. The molecule has 0 spiro atoms. The van der Waals surface area contributed by atoms with Crippen molar-refractivity contribution in [2.75, 3.05) is 31.1 Å². The van der Waals surface area contributed by atoms with Gasteiger partial charge in [-0.2, -0.15) is 13.1 Å². The Morgan fingerprint density at radius 1 is 1.29 bits per heavy atom. The Kier molecular flexibility index (Phi) is 6.07. The molecule has 1 aromatic heterocycles. The number of rotatable bonds is 6. The van der Waals surface area contributed by atoms with Crippen LogP contribution in [0.1, 0.15) is 9.67 Å². The number of aromatic nitrogens is 1. The molecule has 13 heteroatoms. The zero-order valence-electron chi connectivity index (χ0n) is 14.3. The van der Waals surface area contributed by atoms with Crippen molar-refractivity contribution in [2.24, 2.45) is 0 Å². The van der Waals surface area contributed by atoms with Gasteiger partial charge in [-0.25, -0.2) is 18.9 Å². The molecule has 1 aliphatic heterocycles. The summed E-state index contributed by atoms with van der Waals surface area (Å²) in [7, 11) is -3.87. The SMILES string of the molecule is O=C(NO)c1cnc(N2CCN(S(=O)(=O)c3cccc(OC(F)F)c3)CC2)s1. The summed E-state index contributed by atoms with van der Waals surface area (Å²) in [4.78, 5) is 17.4. The lowest BCUT2D eigenvalue weighted by Gasteiger charge is -2.33. The second-order valence-corrected chi connectivity index (χ2v) is 8.64. The molecule has 1 aliphatic rings. The Morgan fingerprint density at radius 3 is 2.64 bits per heavy atom. The van der Waals surface area contributed by atoms with Gasteiger partial charge in [-0.15, -0.1) is 0 Å². The molecule has 152 valence electrons. The molecule has 0 saturated carbocycles. The highest BCUT2D eigenvalue weighted by atomic mass is 32.2. The highest BCUT2D eigenvalue weighted by molar-refractivity contribution is 7.89. The average molecular weight is 434 g/mol. The maximum Gasteiger partial charge on any atom is 0.387 e. The van der Waals surface area contributed by atoms with Crippen molar-refractivity contribution in [3.05, 3.63) is 35.3 Å². The maximum atomic E-state index is 12.8. The molecule has 1 amide bonds. The van der Waals surface area contributed by atoms with Crippen LogP contribution < -0.4 is 15.1 Å². The molecular formula is C15H16F2N4O5S2. The summed E-state index contributed by atoms with van der Waals surface area (Å²) in [5, 5.41) is 9.18. The second kappa shape index (κ2) is 8.34. The number of benzene rings is 1. The number of sulfonamides is 1. The second-order valence-electron chi connectivity index (χ2n) is 5.69. The third-order valence-corrected chi connectivity index (χ3v) is 6.95. The quantitative estimate of drug-likeness (QED) is 0.522. The van der Waals surface area contributed by atoms with Crippen LogP contribution in [0.2, 0.25) is 0 Å². The van der Waals surface area contributed by atoms with E-state index >= 15 is 0 Å². The summed E-state index contributed by atoms with van der Waals surface area (Å²) >= 11 is 1.07. The molecular weight excluding hydrogens is 418 g/mol. The number of hydrogen-bond acceptors (Lipinski definition) is 8. The lowest BCUT2D eigenvalue weighted by Crippen LogP contribution is -2.48. The van der Waals surface area contributed by atoms with Gasteiger partial charge in [0.1, 0.15) is 10.6 Å². The molecule has 9 nitrogen and oxygen atoms in total. The monoisotopic (exact) mass is 434 g/mol. The average Bonchev–Trinajstić information content (AvgIpc) is 3.17. The van der Waals surface area contributed by atoms with Gasteiger partial charge in [0.15, 0.2) is 5.13 Å². The van der Waals surface area contributed by atoms with Gasteiger partial charge >= 0.3 is 6.61 Å². The van der Waals surface area contributed by atoms with E-state index in [-0.39, 0.29) is 28.6 Å². The van der Waals surface area contributed by atoms with Crippen LogP contribution in [0.4, 0.5) is 13.9 Å². The molecule has 0 unspecified atom stereocenters. The number of piperazine rings is 1. The van der Waals surface area contributed by atoms with Crippen molar-refractivity contribution in [3.8, 4) is 5.75 Å². The Balaban J connectivity index is 1.68. The first-order chi connectivity index (χ1) is 13.3. The number of hydrogen-bond donors (Lipinski definition) is 2. The zero-order valence-corrected chi connectivity index (χ0v) is 15.9. The van der Waals surface area contributed by atoms with Crippen LogP contribution in [0.3, 0.4) is 0 Å². The number of hydroxylamine groups is 1. The van der Waals surface area contributed by atoms with E-state index in [4.69, 9.17) is 5.21 Å². The first-order valence-corrected chi connectivity index (χ1v) is 10.3. The fraction of sp³-hybridized carbons (Fsp3) is 0.333. The van der Waals surface area contributed by atoms with E-state index in [2.05, 4.69) is 9.72 Å². The van der Waals surface area contributed by atoms with Crippen LogP contribution in [-0.2, 0) is 10.0 Å². The summed E-state index contributed by atoms with van der Waals surface area (Å²) in [5.74, 6) is -0.900. The van der Waals surface area contributed by atoms with Crippen molar-refractivity contribution >= 4 is 32.4 Å². The number of carbonyl (C=O) groups excluding carboxylic acids is 1. The minimum atomic E-state index is -3.87. The Bertz CT molecular complexity index is 945. The van der Waals surface area contributed by atoms with E-state index in [9.17, 15) is 22.0 Å². The highest BCUT2D eigenvalue weighted by Crippen LogP contribution is 2.26. The van der Waals surface area contributed by atoms with Gasteiger partial charge in [0.25, 0.3) is 5.91 Å². The Morgan fingerprint density at radius 2 is 2.00 bits per heavy atom. The summed E-state index contributed by atoms with van der Waals surface area (Å²) in [6, 6.07) is 4.98. The Labute approximate surface area is 163 Å². The number of nitrogens with one attached hydrogen (secondary N) is 1. The molecule has 1 saturated heterocycles. The fourth-order valence-corrected chi connectivity index (χ4v) is 4.97. The minimum Gasteiger partial charge on any atom is -0.435 e. The number of halogens is 2. The maximum absolute atomic E-state index is 12.8. The molecule has 0 bridgehead atoms. The van der Waals surface area contributed by atoms with Crippen LogP contribution in [0.5, 0.6) is 5.75 Å². The van der Waals surface area contributed by atoms with E-state index in [1.165, 1.54) is 34.2 Å². The smallest absolute Gasteiger partial charge is 0.387 e. The van der Waals surface area contributed by atoms with E-state index < -0.39 is 22.5 Å². The van der Waals surface area contributed by atoms with Gasteiger partial charge in [-0.1, -0.05) is 17.4 Å². The van der Waals surface area contributed by atoms with E-state index in [1.807, 2.05) is 4.90 Å². The van der Waals surface area contributed by atoms with Crippen LogP contribution in [0, 0.1) is 0 Å². The van der Waals surface area contributed by atoms with Gasteiger partial charge in [-0.3, -0.25) is 10.0 Å². The minimum absolute atomic E-state index is 0.129. The normalized spacial score (nSPS) is 15.6. The number of thiazole rings is 1. The molecule has 0 aliphatic carbocycles. The molecule has 2 N–H and O–H groups in total. The molecule has 2 aromatic rings. The molecule has 3 rings (SSSR count). The van der Waals surface area contributed by atoms with Crippen molar-refractivity contribution in [1.82, 2.24) is 14.8 Å². The van der Waals surface area contributed by atoms with Gasteiger partial charge in [0, 0.05) is 32.2 Å². The van der Waals surface area contributed by atoms with Gasteiger partial charge < -0.3 is 9.64 Å². The van der Waals surface area contributed by atoms with Crippen LogP contribution in [0.25, 0.3) is 0 Å². The highest BCUT2D eigenvalue weighted by Gasteiger charge is 2.30. The molecule has 28 heavy (non-hydrogen) atoms. The first-order valence-electron chi connectivity index (χ1n) is 8.01. The van der Waals surface area contributed by atoms with Crippen LogP contribution in [0.15, 0.2) is 35.4 Å². The number of anilines is 1. The third-order valence-electron chi connectivity index (χ3n) is 4.00. The molecule has 0 atom stereocenters. The summed E-state index contributed by atoms with van der Waals surface area (Å²) in [6.45, 7) is -2.06. The number of nitrogens with zero attached hydrogens (tertiary/aromatic N) is 3. The third kappa shape index (κ3) is 4.38. The summed E-state index contributed by atoms with van der Waals surface area (Å²) in [5.41, 5.74) is 1.53. The van der Waals surface area contributed by atoms with Crippen molar-refractivity contribution in [2.45, 2.75) is 11.5 Å². The van der Waals surface area contributed by atoms with Crippen molar-refractivity contribution in [3.63, 3.8) is 0 Å².